The van der Waals surface area contributed by atoms with Gasteiger partial charge in [0.05, 0.1) is 6.10 Å². The van der Waals surface area contributed by atoms with Crippen LogP contribution in [-0.4, -0.2) is 30.2 Å². The number of ether oxygens (including phenoxy) is 3. The minimum absolute atomic E-state index is 0.0124. The molecule has 1 aromatic rings. The maximum atomic E-state index is 6.22. The first-order chi connectivity index (χ1) is 11.0. The van der Waals surface area contributed by atoms with Crippen LogP contribution in [0, 0.1) is 5.92 Å². The molecular weight excluding hydrogens is 288 g/mol. The molecule has 0 aliphatic carbocycles. The quantitative estimate of drug-likeness (QED) is 0.827. The van der Waals surface area contributed by atoms with E-state index >= 15 is 0 Å². The molecule has 0 radical (unpaired) electrons. The molecule has 0 aromatic heterocycles. The average Bonchev–Trinajstić information content (AvgIpc) is 2.98. The molecule has 3 aliphatic rings. The van der Waals surface area contributed by atoms with E-state index in [0.717, 1.165) is 0 Å². The molecule has 0 saturated carbocycles. The Hall–Kier alpha value is -1.42. The van der Waals surface area contributed by atoms with Crippen molar-refractivity contribution in [2.75, 3.05) is 0 Å². The van der Waals surface area contributed by atoms with Crippen molar-refractivity contribution >= 4 is 6.08 Å². The molecule has 0 unspecified atom stereocenters. The fourth-order valence-corrected chi connectivity index (χ4v) is 4.11. The average molecular weight is 312 g/mol. The lowest BCUT2D eigenvalue weighted by Crippen LogP contribution is -2.36. The van der Waals surface area contributed by atoms with Gasteiger partial charge < -0.3 is 14.2 Å². The Balaban J connectivity index is 1.64. The highest BCUT2D eigenvalue weighted by molar-refractivity contribution is 5.54. The molecule has 3 heteroatoms. The molecule has 1 aromatic carbocycles. The normalized spacial score (nSPS) is 38.3. The van der Waals surface area contributed by atoms with Gasteiger partial charge in [-0.25, -0.2) is 0 Å². The smallest absolute Gasteiger partial charge is 0.164 e. The summed E-state index contributed by atoms with van der Waals surface area (Å²) in [6.07, 6.45) is 4.55. The Morgan fingerprint density at radius 3 is 2.39 bits per heavy atom. The van der Waals surface area contributed by atoms with E-state index in [0.29, 0.717) is 5.92 Å². The highest BCUT2D eigenvalue weighted by atomic mass is 16.8. The van der Waals surface area contributed by atoms with Crippen molar-refractivity contribution < 1.29 is 14.2 Å². The molecule has 3 nitrogen and oxygen atoms in total. The highest BCUT2D eigenvalue weighted by Gasteiger charge is 2.59. The Morgan fingerprint density at radius 2 is 1.65 bits per heavy atom. The minimum Gasteiger partial charge on any atom is -0.364 e. The van der Waals surface area contributed by atoms with Crippen molar-refractivity contribution in [2.45, 2.75) is 57.9 Å². The Bertz CT molecular complexity index is 659. The lowest BCUT2D eigenvalue weighted by Gasteiger charge is -2.33. The van der Waals surface area contributed by atoms with Crippen molar-refractivity contribution in [2.24, 2.45) is 5.92 Å². The molecule has 3 aliphatic heterocycles. The van der Waals surface area contributed by atoms with E-state index in [4.69, 9.17) is 14.2 Å². The summed E-state index contributed by atoms with van der Waals surface area (Å²) in [5, 5.41) is 0. The molecular formula is C20H24O3. The second-order valence-electron chi connectivity index (χ2n) is 7.26. The van der Waals surface area contributed by atoms with E-state index in [1.165, 1.54) is 16.7 Å². The van der Waals surface area contributed by atoms with Crippen LogP contribution in [0.1, 0.15) is 33.3 Å². The van der Waals surface area contributed by atoms with E-state index in [2.05, 4.69) is 50.3 Å². The SMILES string of the molecule is CC1=C(/C=C/c2ccccc2)[C@@H](C)[C@@H]2O[C@H]1[C@H]1OC(C)(C)O[C@@H]21. The van der Waals surface area contributed by atoms with E-state index in [9.17, 15) is 0 Å². The molecule has 0 amide bonds. The van der Waals surface area contributed by atoms with Gasteiger partial charge in [0, 0.05) is 5.92 Å². The standard InChI is InChI=1S/C20H24O3/c1-12-15(11-10-14-8-6-5-7-9-14)13(2)17-19-18(16(12)21-17)22-20(3,4)23-19/h5-12,16-19H,1-4H3/b11-10+/t12-,16+,17-,18+,19-/m1/s1. The monoisotopic (exact) mass is 312 g/mol. The van der Waals surface area contributed by atoms with E-state index in [1.807, 2.05) is 19.9 Å². The van der Waals surface area contributed by atoms with Gasteiger partial charge in [0.1, 0.15) is 18.3 Å². The number of hydrogen-bond donors (Lipinski definition) is 0. The maximum absolute atomic E-state index is 6.22. The van der Waals surface area contributed by atoms with Gasteiger partial charge in [0.25, 0.3) is 0 Å². The van der Waals surface area contributed by atoms with Gasteiger partial charge in [-0.2, -0.15) is 0 Å². The molecule has 0 spiro atoms. The molecule has 23 heavy (non-hydrogen) atoms. The van der Waals surface area contributed by atoms with Crippen molar-refractivity contribution in [1.29, 1.82) is 0 Å². The highest BCUT2D eigenvalue weighted by Crippen LogP contribution is 2.48. The summed E-state index contributed by atoms with van der Waals surface area (Å²) < 4.78 is 18.5. The van der Waals surface area contributed by atoms with E-state index < -0.39 is 5.79 Å². The van der Waals surface area contributed by atoms with Crippen LogP contribution >= 0.6 is 0 Å². The molecule has 2 saturated heterocycles. The van der Waals surface area contributed by atoms with Crippen LogP contribution in [-0.2, 0) is 14.2 Å². The van der Waals surface area contributed by atoms with Crippen LogP contribution in [0.4, 0.5) is 0 Å². The zero-order valence-corrected chi connectivity index (χ0v) is 14.2. The molecule has 2 bridgehead atoms. The third kappa shape index (κ3) is 2.47. The zero-order valence-electron chi connectivity index (χ0n) is 14.2. The molecule has 2 fully saturated rings. The van der Waals surface area contributed by atoms with Gasteiger partial charge in [0.2, 0.25) is 0 Å². The molecule has 4 rings (SSSR count). The van der Waals surface area contributed by atoms with Crippen LogP contribution in [0.2, 0.25) is 0 Å². The molecule has 5 atom stereocenters. The second kappa shape index (κ2) is 5.30. The van der Waals surface area contributed by atoms with Crippen molar-refractivity contribution in [1.82, 2.24) is 0 Å². The van der Waals surface area contributed by atoms with Crippen LogP contribution < -0.4 is 0 Å². The number of fused-ring (bicyclic) bond motifs is 5. The van der Waals surface area contributed by atoms with Crippen molar-refractivity contribution in [3.63, 3.8) is 0 Å². The summed E-state index contributed by atoms with van der Waals surface area (Å²) in [5.41, 5.74) is 3.84. The second-order valence-corrected chi connectivity index (χ2v) is 7.26. The van der Waals surface area contributed by atoms with Gasteiger partial charge in [-0.3, -0.25) is 0 Å². The largest absolute Gasteiger partial charge is 0.364 e. The molecule has 122 valence electrons. The predicted molar refractivity (Wildman–Crippen MR) is 89.8 cm³/mol. The summed E-state index contributed by atoms with van der Waals surface area (Å²) in [5.74, 6) is -0.203. The van der Waals surface area contributed by atoms with Crippen molar-refractivity contribution in [3.8, 4) is 0 Å². The summed E-state index contributed by atoms with van der Waals surface area (Å²) >= 11 is 0. The van der Waals surface area contributed by atoms with Gasteiger partial charge in [-0.05, 0) is 37.5 Å². The fraction of sp³-hybridized carbons (Fsp3) is 0.500. The van der Waals surface area contributed by atoms with Crippen LogP contribution in [0.3, 0.4) is 0 Å². The maximum Gasteiger partial charge on any atom is 0.164 e. The molecule has 0 N–H and O–H groups in total. The number of rotatable bonds is 2. The van der Waals surface area contributed by atoms with Crippen molar-refractivity contribution in [3.05, 3.63) is 53.1 Å². The number of hydrogen-bond acceptors (Lipinski definition) is 3. The third-order valence-corrected chi connectivity index (χ3v) is 5.21. The third-order valence-electron chi connectivity index (χ3n) is 5.21. The Morgan fingerprint density at radius 1 is 0.957 bits per heavy atom. The summed E-state index contributed by atoms with van der Waals surface area (Å²) in [4.78, 5) is 0. The van der Waals surface area contributed by atoms with Gasteiger partial charge in [0.15, 0.2) is 5.79 Å². The lowest BCUT2D eigenvalue weighted by molar-refractivity contribution is -0.188. The van der Waals surface area contributed by atoms with Gasteiger partial charge in [-0.1, -0.05) is 49.4 Å². The van der Waals surface area contributed by atoms with E-state index in [1.54, 1.807) is 0 Å². The fourth-order valence-electron chi connectivity index (χ4n) is 4.11. The summed E-state index contributed by atoms with van der Waals surface area (Å²) in [7, 11) is 0. The Kier molecular flexibility index (Phi) is 3.49. The lowest BCUT2D eigenvalue weighted by atomic mass is 9.89. The first kappa shape index (κ1) is 15.1. The van der Waals surface area contributed by atoms with E-state index in [-0.39, 0.29) is 24.4 Å². The van der Waals surface area contributed by atoms with Crippen LogP contribution in [0.25, 0.3) is 6.08 Å². The van der Waals surface area contributed by atoms with Crippen LogP contribution in [0.5, 0.6) is 0 Å². The first-order valence-electron chi connectivity index (χ1n) is 8.41. The number of benzene rings is 1. The number of allylic oxidation sites excluding steroid dienone is 1. The molecule has 3 heterocycles. The topological polar surface area (TPSA) is 27.7 Å². The Labute approximate surface area is 137 Å². The summed E-state index contributed by atoms with van der Waals surface area (Å²) in [6, 6.07) is 10.4. The minimum atomic E-state index is -0.507. The predicted octanol–water partition coefficient (Wildman–Crippen LogP) is 3.95. The zero-order chi connectivity index (χ0) is 16.2. The van der Waals surface area contributed by atoms with Gasteiger partial charge >= 0.3 is 0 Å². The van der Waals surface area contributed by atoms with Crippen LogP contribution in [0.15, 0.2) is 47.6 Å². The van der Waals surface area contributed by atoms with Gasteiger partial charge in [-0.15, -0.1) is 0 Å². The first-order valence-corrected chi connectivity index (χ1v) is 8.41. The summed E-state index contributed by atoms with van der Waals surface area (Å²) in [6.45, 7) is 8.37.